The summed E-state index contributed by atoms with van der Waals surface area (Å²) in [5, 5.41) is 5.48. The number of aromatic amines is 1. The van der Waals surface area contributed by atoms with Gasteiger partial charge in [0, 0.05) is 29.7 Å². The number of hydrogen-bond acceptors (Lipinski definition) is 4. The van der Waals surface area contributed by atoms with Crippen LogP contribution < -0.4 is 10.9 Å². The first kappa shape index (κ1) is 15.1. The van der Waals surface area contributed by atoms with Crippen molar-refractivity contribution < 1.29 is 4.79 Å². The van der Waals surface area contributed by atoms with Gasteiger partial charge in [-0.25, -0.2) is 4.98 Å². The molecule has 0 aliphatic carbocycles. The Kier molecular flexibility index (Phi) is 3.53. The Morgan fingerprint density at radius 1 is 1.20 bits per heavy atom. The van der Waals surface area contributed by atoms with Gasteiger partial charge in [-0.15, -0.1) is 0 Å². The minimum Gasteiger partial charge on any atom is -0.310 e. The second-order valence-electron chi connectivity index (χ2n) is 5.80. The molecule has 3 aromatic rings. The molecule has 7 nitrogen and oxygen atoms in total. The molecular weight excluding hydrogens is 318 g/mol. The van der Waals surface area contributed by atoms with Gasteiger partial charge in [0.25, 0.3) is 5.56 Å². The van der Waals surface area contributed by atoms with Crippen molar-refractivity contribution in [3.8, 4) is 5.69 Å². The molecular formula is C18H15N5O2. The van der Waals surface area contributed by atoms with Crippen LogP contribution in [-0.2, 0) is 4.79 Å². The summed E-state index contributed by atoms with van der Waals surface area (Å²) in [5.41, 5.74) is 3.08. The van der Waals surface area contributed by atoms with Gasteiger partial charge in [-0.2, -0.15) is 0 Å². The first-order valence-corrected chi connectivity index (χ1v) is 7.81. The van der Waals surface area contributed by atoms with E-state index in [0.29, 0.717) is 5.82 Å². The predicted octanol–water partition coefficient (Wildman–Crippen LogP) is 2.31. The molecule has 7 heteroatoms. The predicted molar refractivity (Wildman–Crippen MR) is 94.9 cm³/mol. The van der Waals surface area contributed by atoms with E-state index >= 15 is 0 Å². The summed E-state index contributed by atoms with van der Waals surface area (Å²) in [4.78, 5) is 32.0. The first-order chi connectivity index (χ1) is 12.1. The number of nitrogens with one attached hydrogen (secondary N) is 2. The summed E-state index contributed by atoms with van der Waals surface area (Å²) in [6, 6.07) is 12.6. The van der Waals surface area contributed by atoms with Gasteiger partial charge < -0.3 is 5.32 Å². The number of benzene rings is 1. The van der Waals surface area contributed by atoms with Crippen molar-refractivity contribution in [2.45, 2.75) is 12.8 Å². The van der Waals surface area contributed by atoms with E-state index in [2.05, 4.69) is 20.4 Å². The summed E-state index contributed by atoms with van der Waals surface area (Å²) in [6.07, 6.45) is 3.27. The number of H-pyrrole nitrogens is 1. The summed E-state index contributed by atoms with van der Waals surface area (Å²) in [5.74, 6) is 0.0207. The largest absolute Gasteiger partial charge is 0.310 e. The number of carbonyl (C=O) groups excluding carboxylic acids is 1. The fourth-order valence-corrected chi connectivity index (χ4v) is 2.86. The molecule has 1 aliphatic heterocycles. The highest BCUT2D eigenvalue weighted by molar-refractivity contribution is 6.11. The molecule has 1 aromatic carbocycles. The number of anilines is 1. The maximum Gasteiger partial charge on any atom is 0.264 e. The number of pyridine rings is 1. The fourth-order valence-electron chi connectivity index (χ4n) is 2.86. The second kappa shape index (κ2) is 5.86. The number of aromatic nitrogens is 3. The maximum atomic E-state index is 12.1. The molecule has 0 radical (unpaired) electrons. The van der Waals surface area contributed by atoms with Crippen molar-refractivity contribution in [1.82, 2.24) is 14.8 Å². The number of aliphatic imine (C=N–C) groups is 1. The third-order valence-corrected chi connectivity index (χ3v) is 4.09. The summed E-state index contributed by atoms with van der Waals surface area (Å²) >= 11 is 0. The standard InChI is InChI=1S/C18H15N5O2/c1-11-9-16(24)22-23(11)13-6-4-12(5-7-13)20-10-15-14-3-2-8-19-17(14)21-18(15)25/h2-10,15H,1H3,(H,22,24)(H,19,21,25). The molecule has 0 spiro atoms. The van der Waals surface area contributed by atoms with Crippen molar-refractivity contribution in [3.63, 3.8) is 0 Å². The monoisotopic (exact) mass is 333 g/mol. The van der Waals surface area contributed by atoms with Crippen LogP contribution in [0.5, 0.6) is 0 Å². The number of fused-ring (bicyclic) bond motifs is 1. The minimum absolute atomic E-state index is 0.130. The number of rotatable bonds is 3. The zero-order valence-electron chi connectivity index (χ0n) is 13.4. The van der Waals surface area contributed by atoms with Crippen LogP contribution in [0.15, 0.2) is 58.4 Å². The average Bonchev–Trinajstić information content (AvgIpc) is 3.11. The number of nitrogens with zero attached hydrogens (tertiary/aromatic N) is 3. The molecule has 0 fully saturated rings. The van der Waals surface area contributed by atoms with E-state index in [1.54, 1.807) is 23.2 Å². The summed E-state index contributed by atoms with van der Waals surface area (Å²) in [7, 11) is 0. The van der Waals surface area contributed by atoms with Gasteiger partial charge in [0.1, 0.15) is 11.7 Å². The van der Waals surface area contributed by atoms with Gasteiger partial charge in [-0.3, -0.25) is 24.4 Å². The highest BCUT2D eigenvalue weighted by atomic mass is 16.2. The topological polar surface area (TPSA) is 92.1 Å². The maximum absolute atomic E-state index is 12.1. The van der Waals surface area contributed by atoms with Crippen LogP contribution in [0.2, 0.25) is 0 Å². The smallest absolute Gasteiger partial charge is 0.264 e. The van der Waals surface area contributed by atoms with Gasteiger partial charge in [-0.1, -0.05) is 6.07 Å². The molecule has 0 bridgehead atoms. The van der Waals surface area contributed by atoms with Crippen molar-refractivity contribution in [3.05, 3.63) is 70.3 Å². The Morgan fingerprint density at radius 3 is 2.72 bits per heavy atom. The highest BCUT2D eigenvalue weighted by Gasteiger charge is 2.29. The molecule has 0 saturated carbocycles. The van der Waals surface area contributed by atoms with Crippen LogP contribution in [0.3, 0.4) is 0 Å². The molecule has 2 aromatic heterocycles. The van der Waals surface area contributed by atoms with Gasteiger partial charge in [-0.05, 0) is 37.3 Å². The van der Waals surface area contributed by atoms with Crippen LogP contribution >= 0.6 is 0 Å². The average molecular weight is 333 g/mol. The van der Waals surface area contributed by atoms with Crippen LogP contribution in [0.1, 0.15) is 17.2 Å². The molecule has 4 rings (SSSR count). The van der Waals surface area contributed by atoms with Crippen LogP contribution in [-0.4, -0.2) is 26.9 Å². The molecule has 0 saturated heterocycles. The minimum atomic E-state index is -0.438. The van der Waals surface area contributed by atoms with Gasteiger partial charge in [0.05, 0.1) is 11.4 Å². The third kappa shape index (κ3) is 2.76. The lowest BCUT2D eigenvalue weighted by Crippen LogP contribution is -2.12. The lowest BCUT2D eigenvalue weighted by Gasteiger charge is -2.05. The molecule has 2 N–H and O–H groups in total. The summed E-state index contributed by atoms with van der Waals surface area (Å²) in [6.45, 7) is 1.86. The highest BCUT2D eigenvalue weighted by Crippen LogP contribution is 2.29. The zero-order valence-corrected chi connectivity index (χ0v) is 13.4. The normalized spacial score (nSPS) is 16.2. The second-order valence-corrected chi connectivity index (χ2v) is 5.80. The number of amides is 1. The Balaban J connectivity index is 1.58. The van der Waals surface area contributed by atoms with Crippen molar-refractivity contribution in [1.29, 1.82) is 0 Å². The SMILES string of the molecule is Cc1cc(=O)[nH]n1-c1ccc(N=CC2C(=O)Nc3ncccc32)cc1. The van der Waals surface area contributed by atoms with Crippen molar-refractivity contribution in [2.75, 3.05) is 5.32 Å². The van der Waals surface area contributed by atoms with E-state index < -0.39 is 5.92 Å². The van der Waals surface area contributed by atoms with Gasteiger partial charge >= 0.3 is 0 Å². The van der Waals surface area contributed by atoms with Crippen molar-refractivity contribution in [2.24, 2.45) is 4.99 Å². The molecule has 124 valence electrons. The Labute approximate surface area is 143 Å². The van der Waals surface area contributed by atoms with E-state index in [0.717, 1.165) is 22.6 Å². The van der Waals surface area contributed by atoms with E-state index in [4.69, 9.17) is 0 Å². The van der Waals surface area contributed by atoms with E-state index in [1.165, 1.54) is 6.07 Å². The molecule has 25 heavy (non-hydrogen) atoms. The van der Waals surface area contributed by atoms with Crippen LogP contribution in [0.25, 0.3) is 5.69 Å². The van der Waals surface area contributed by atoms with E-state index in [9.17, 15) is 9.59 Å². The molecule has 3 heterocycles. The Hall–Kier alpha value is -3.48. The first-order valence-electron chi connectivity index (χ1n) is 7.81. The van der Waals surface area contributed by atoms with Crippen LogP contribution in [0.4, 0.5) is 11.5 Å². The van der Waals surface area contributed by atoms with Crippen molar-refractivity contribution >= 4 is 23.6 Å². The van der Waals surface area contributed by atoms with E-state index in [1.807, 2.05) is 37.3 Å². The molecule has 1 aliphatic rings. The van der Waals surface area contributed by atoms with Gasteiger partial charge in [0.2, 0.25) is 5.91 Å². The number of aryl methyl sites for hydroxylation is 1. The lowest BCUT2D eigenvalue weighted by atomic mass is 10.0. The molecule has 1 atom stereocenters. The fraction of sp³-hybridized carbons (Fsp3) is 0.111. The lowest BCUT2D eigenvalue weighted by molar-refractivity contribution is -0.115. The quantitative estimate of drug-likeness (QED) is 0.720. The Bertz CT molecular complexity index is 1030. The van der Waals surface area contributed by atoms with E-state index in [-0.39, 0.29) is 11.5 Å². The molecule has 1 unspecified atom stereocenters. The summed E-state index contributed by atoms with van der Waals surface area (Å²) < 4.78 is 1.71. The zero-order chi connectivity index (χ0) is 17.4. The van der Waals surface area contributed by atoms with Gasteiger partial charge in [0.15, 0.2) is 0 Å². The Morgan fingerprint density at radius 2 is 2.00 bits per heavy atom. The molecule has 1 amide bonds. The number of carbonyl (C=O) groups is 1. The van der Waals surface area contributed by atoms with Crippen LogP contribution in [0, 0.1) is 6.92 Å². The number of hydrogen-bond donors (Lipinski definition) is 2. The third-order valence-electron chi connectivity index (χ3n) is 4.09.